The first-order valence-corrected chi connectivity index (χ1v) is 7.46. The molecular formula is C17H22N2O4. The Balaban J connectivity index is 2.19. The number of aryl methyl sites for hydroxylation is 1. The van der Waals surface area contributed by atoms with E-state index in [0.29, 0.717) is 5.56 Å². The lowest BCUT2D eigenvalue weighted by atomic mass is 9.91. The van der Waals surface area contributed by atoms with Gasteiger partial charge in [-0.05, 0) is 40.2 Å². The van der Waals surface area contributed by atoms with E-state index in [1.807, 2.05) is 19.1 Å². The molecule has 0 saturated carbocycles. The number of hydrogen-bond donors (Lipinski definition) is 1. The van der Waals surface area contributed by atoms with Crippen LogP contribution in [0.4, 0.5) is 4.79 Å². The Morgan fingerprint density at radius 1 is 1.22 bits per heavy atom. The Morgan fingerprint density at radius 3 is 2.30 bits per heavy atom. The van der Waals surface area contributed by atoms with Gasteiger partial charge in [0.1, 0.15) is 17.7 Å². The number of esters is 1. The van der Waals surface area contributed by atoms with Crippen molar-refractivity contribution in [3.63, 3.8) is 0 Å². The quantitative estimate of drug-likeness (QED) is 0.684. The van der Waals surface area contributed by atoms with E-state index < -0.39 is 35.6 Å². The van der Waals surface area contributed by atoms with Gasteiger partial charge in [0.25, 0.3) is 5.91 Å². The molecule has 1 heterocycles. The minimum Gasteiger partial charge on any atom is -0.459 e. The third-order valence-corrected chi connectivity index (χ3v) is 3.61. The van der Waals surface area contributed by atoms with Crippen LogP contribution in [0.3, 0.4) is 0 Å². The summed E-state index contributed by atoms with van der Waals surface area (Å²) >= 11 is 0. The number of imide groups is 1. The van der Waals surface area contributed by atoms with Crippen LogP contribution >= 0.6 is 0 Å². The number of urea groups is 1. The number of amides is 3. The highest BCUT2D eigenvalue weighted by molar-refractivity contribution is 6.08. The highest BCUT2D eigenvalue weighted by Crippen LogP contribution is 2.29. The van der Waals surface area contributed by atoms with E-state index in [0.717, 1.165) is 10.5 Å². The van der Waals surface area contributed by atoms with Crippen LogP contribution in [-0.4, -0.2) is 35.0 Å². The van der Waals surface area contributed by atoms with E-state index in [9.17, 15) is 14.4 Å². The van der Waals surface area contributed by atoms with Gasteiger partial charge >= 0.3 is 12.0 Å². The summed E-state index contributed by atoms with van der Waals surface area (Å²) < 4.78 is 5.17. The largest absolute Gasteiger partial charge is 0.459 e. The zero-order chi connectivity index (χ0) is 17.4. The third-order valence-electron chi connectivity index (χ3n) is 3.61. The molecule has 0 bridgehead atoms. The fraction of sp³-hybridized carbons (Fsp3) is 0.471. The van der Waals surface area contributed by atoms with Crippen LogP contribution in [0.1, 0.15) is 38.8 Å². The number of nitrogens with zero attached hydrogens (tertiary/aromatic N) is 1. The number of nitrogens with one attached hydrogen (secondary N) is 1. The fourth-order valence-corrected chi connectivity index (χ4v) is 2.43. The Bertz CT molecular complexity index is 646. The highest BCUT2D eigenvalue weighted by atomic mass is 16.6. The van der Waals surface area contributed by atoms with Gasteiger partial charge < -0.3 is 10.1 Å². The third kappa shape index (κ3) is 3.52. The lowest BCUT2D eigenvalue weighted by Crippen LogP contribution is -2.42. The summed E-state index contributed by atoms with van der Waals surface area (Å²) in [7, 11) is 0. The molecular weight excluding hydrogens is 296 g/mol. The van der Waals surface area contributed by atoms with Gasteiger partial charge in [-0.25, -0.2) is 4.79 Å². The van der Waals surface area contributed by atoms with Crippen molar-refractivity contribution in [3.05, 3.63) is 35.4 Å². The van der Waals surface area contributed by atoms with Crippen molar-refractivity contribution in [1.29, 1.82) is 0 Å². The molecule has 0 spiro atoms. The first kappa shape index (κ1) is 17.0. The van der Waals surface area contributed by atoms with Gasteiger partial charge in [0.2, 0.25) is 0 Å². The second kappa shape index (κ2) is 5.68. The van der Waals surface area contributed by atoms with Crippen LogP contribution < -0.4 is 5.32 Å². The van der Waals surface area contributed by atoms with E-state index in [1.165, 1.54) is 0 Å². The molecule has 1 fully saturated rings. The number of ether oxygens (including phenoxy) is 1. The molecule has 23 heavy (non-hydrogen) atoms. The topological polar surface area (TPSA) is 75.7 Å². The zero-order valence-corrected chi connectivity index (χ0v) is 14.1. The molecule has 0 aromatic heterocycles. The number of benzene rings is 1. The summed E-state index contributed by atoms with van der Waals surface area (Å²) in [6, 6.07) is 6.74. The molecule has 6 nitrogen and oxygen atoms in total. The first-order chi connectivity index (χ1) is 10.5. The Labute approximate surface area is 135 Å². The fourth-order valence-electron chi connectivity index (χ4n) is 2.43. The van der Waals surface area contributed by atoms with Crippen molar-refractivity contribution < 1.29 is 19.1 Å². The lowest BCUT2D eigenvalue weighted by molar-refractivity contribution is -0.157. The minimum absolute atomic E-state index is 0.399. The summed E-state index contributed by atoms with van der Waals surface area (Å²) in [5.41, 5.74) is -0.114. The van der Waals surface area contributed by atoms with Crippen molar-refractivity contribution in [2.75, 3.05) is 6.54 Å². The predicted molar refractivity (Wildman–Crippen MR) is 84.6 cm³/mol. The summed E-state index contributed by atoms with van der Waals surface area (Å²) in [6.07, 6.45) is 0. The number of carbonyl (C=O) groups is 3. The zero-order valence-electron chi connectivity index (χ0n) is 14.1. The summed E-state index contributed by atoms with van der Waals surface area (Å²) in [6.45, 7) is 8.36. The SMILES string of the molecule is Cc1ccc(C2(C)NC(=O)N(CC(=O)OC(C)(C)C)C2=O)cc1. The van der Waals surface area contributed by atoms with Gasteiger partial charge in [-0.3, -0.25) is 14.5 Å². The normalized spacial score (nSPS) is 21.3. The molecule has 1 unspecified atom stereocenters. The van der Waals surface area contributed by atoms with Crippen LogP contribution in [0, 0.1) is 6.92 Å². The average molecular weight is 318 g/mol. The van der Waals surface area contributed by atoms with Crippen molar-refractivity contribution in [1.82, 2.24) is 10.2 Å². The Kier molecular flexibility index (Phi) is 4.20. The summed E-state index contributed by atoms with van der Waals surface area (Å²) in [5.74, 6) is -1.08. The lowest BCUT2D eigenvalue weighted by Gasteiger charge is -2.23. The predicted octanol–water partition coefficient (Wildman–Crippen LogP) is 2.10. The molecule has 1 aliphatic heterocycles. The Hall–Kier alpha value is -2.37. The number of carbonyl (C=O) groups excluding carboxylic acids is 3. The van der Waals surface area contributed by atoms with E-state index in [1.54, 1.807) is 39.8 Å². The van der Waals surface area contributed by atoms with Crippen LogP contribution in [0.2, 0.25) is 0 Å². The molecule has 6 heteroatoms. The first-order valence-electron chi connectivity index (χ1n) is 7.46. The van der Waals surface area contributed by atoms with Gasteiger partial charge in [0.05, 0.1) is 0 Å². The molecule has 1 aromatic rings. The van der Waals surface area contributed by atoms with Gasteiger partial charge in [-0.1, -0.05) is 29.8 Å². The van der Waals surface area contributed by atoms with Gasteiger partial charge in [-0.15, -0.1) is 0 Å². The maximum Gasteiger partial charge on any atom is 0.326 e. The molecule has 3 amide bonds. The van der Waals surface area contributed by atoms with Crippen LogP contribution in [0.5, 0.6) is 0 Å². The molecule has 1 atom stereocenters. The monoisotopic (exact) mass is 318 g/mol. The van der Waals surface area contributed by atoms with E-state index in [4.69, 9.17) is 4.74 Å². The molecule has 0 aliphatic carbocycles. The second-order valence-corrected chi connectivity index (χ2v) is 6.90. The van der Waals surface area contributed by atoms with E-state index >= 15 is 0 Å². The van der Waals surface area contributed by atoms with Crippen molar-refractivity contribution >= 4 is 17.9 Å². The molecule has 1 N–H and O–H groups in total. The van der Waals surface area contributed by atoms with Crippen LogP contribution in [-0.2, 0) is 19.9 Å². The molecule has 1 saturated heterocycles. The van der Waals surface area contributed by atoms with Crippen LogP contribution in [0.15, 0.2) is 24.3 Å². The van der Waals surface area contributed by atoms with E-state index in [-0.39, 0.29) is 0 Å². The van der Waals surface area contributed by atoms with Gasteiger partial charge in [-0.2, -0.15) is 0 Å². The minimum atomic E-state index is -1.17. The van der Waals surface area contributed by atoms with Gasteiger partial charge in [0, 0.05) is 0 Å². The molecule has 1 aromatic carbocycles. The standard InChI is InChI=1S/C17H22N2O4/c1-11-6-8-12(9-7-11)17(5)14(21)19(15(22)18-17)10-13(20)23-16(2,3)4/h6-9H,10H2,1-5H3,(H,18,22). The molecule has 0 radical (unpaired) electrons. The Morgan fingerprint density at radius 2 is 1.78 bits per heavy atom. The number of rotatable bonds is 3. The molecule has 124 valence electrons. The van der Waals surface area contributed by atoms with E-state index in [2.05, 4.69) is 5.32 Å². The van der Waals surface area contributed by atoms with Crippen molar-refractivity contribution in [2.45, 2.75) is 45.8 Å². The van der Waals surface area contributed by atoms with Crippen molar-refractivity contribution in [3.8, 4) is 0 Å². The van der Waals surface area contributed by atoms with Crippen molar-refractivity contribution in [2.24, 2.45) is 0 Å². The van der Waals surface area contributed by atoms with Gasteiger partial charge in [0.15, 0.2) is 0 Å². The number of hydrogen-bond acceptors (Lipinski definition) is 4. The maximum atomic E-state index is 12.7. The summed E-state index contributed by atoms with van der Waals surface area (Å²) in [5, 5.41) is 2.66. The maximum absolute atomic E-state index is 12.7. The molecule has 1 aliphatic rings. The molecule has 2 rings (SSSR count). The summed E-state index contributed by atoms with van der Waals surface area (Å²) in [4.78, 5) is 37.6. The average Bonchev–Trinajstić information content (AvgIpc) is 2.62. The highest BCUT2D eigenvalue weighted by Gasteiger charge is 2.49. The second-order valence-electron chi connectivity index (χ2n) is 6.90. The van der Waals surface area contributed by atoms with Crippen LogP contribution in [0.25, 0.3) is 0 Å². The smallest absolute Gasteiger partial charge is 0.326 e.